The Bertz CT molecular complexity index is 796. The third-order valence-electron chi connectivity index (χ3n) is 4.96. The number of nitrogens with zero attached hydrogens (tertiary/aromatic N) is 2. The highest BCUT2D eigenvalue weighted by molar-refractivity contribution is 5.83. The highest BCUT2D eigenvalue weighted by Crippen LogP contribution is 2.25. The van der Waals surface area contributed by atoms with Gasteiger partial charge < -0.3 is 20.4 Å². The monoisotopic (exact) mass is 356 g/mol. The van der Waals surface area contributed by atoms with Gasteiger partial charge in [-0.15, -0.1) is 0 Å². The molecule has 2 heterocycles. The average Bonchev–Trinajstić information content (AvgIpc) is 2.94. The van der Waals surface area contributed by atoms with Crippen molar-refractivity contribution in [3.8, 4) is 0 Å². The Morgan fingerprint density at radius 2 is 2.23 bits per heavy atom. The number of aliphatic imine (C=N–C) groups is 1. The summed E-state index contributed by atoms with van der Waals surface area (Å²) >= 11 is 0. The number of nitrogens with two attached hydrogens (primary N) is 1. The first-order valence-electron chi connectivity index (χ1n) is 9.37. The smallest absolute Gasteiger partial charge is 0.217 e. The van der Waals surface area contributed by atoms with Gasteiger partial charge in [-0.1, -0.05) is 18.2 Å². The zero-order valence-electron chi connectivity index (χ0n) is 15.6. The summed E-state index contributed by atoms with van der Waals surface area (Å²) in [6.07, 6.45) is 2.53. The quantitative estimate of drug-likeness (QED) is 0.637. The van der Waals surface area contributed by atoms with Crippen LogP contribution in [-0.2, 0) is 11.3 Å². The van der Waals surface area contributed by atoms with Crippen molar-refractivity contribution in [1.82, 2.24) is 10.2 Å². The predicted octanol–water partition coefficient (Wildman–Crippen LogP) is 2.79. The second-order valence-corrected chi connectivity index (χ2v) is 6.94. The molecule has 1 saturated heterocycles. The minimum absolute atomic E-state index is 0.225. The third kappa shape index (κ3) is 4.18. The number of carbonyl (C=O) groups excluding carboxylic acids is 1. The van der Waals surface area contributed by atoms with E-state index in [9.17, 15) is 4.79 Å². The first-order chi connectivity index (χ1) is 12.6. The van der Waals surface area contributed by atoms with Crippen LogP contribution in [-0.4, -0.2) is 36.4 Å². The van der Waals surface area contributed by atoms with Crippen LogP contribution < -0.4 is 11.1 Å². The number of nitrogens with one attached hydrogen (secondary N) is 1. The second-order valence-electron chi connectivity index (χ2n) is 6.94. The molecule has 1 unspecified atom stereocenters. The molecule has 1 aliphatic heterocycles. The van der Waals surface area contributed by atoms with E-state index in [1.54, 1.807) is 0 Å². The summed E-state index contributed by atoms with van der Waals surface area (Å²) in [4.78, 5) is 18.3. The first-order valence-corrected chi connectivity index (χ1v) is 9.37. The van der Waals surface area contributed by atoms with Crippen molar-refractivity contribution in [3.63, 3.8) is 0 Å². The number of hydrogen-bond acceptors (Lipinski definition) is 3. The Kier molecular flexibility index (Phi) is 5.81. The lowest BCUT2D eigenvalue weighted by atomic mass is 9.95. The molecule has 1 aliphatic rings. The molecule has 0 bridgehead atoms. The number of fused-ring (bicyclic) bond motifs is 1. The van der Waals surface area contributed by atoms with Crippen molar-refractivity contribution in [3.05, 3.63) is 35.6 Å². The van der Waals surface area contributed by atoms with E-state index < -0.39 is 0 Å². The van der Waals surface area contributed by atoms with Gasteiger partial charge in [0.2, 0.25) is 5.91 Å². The second kappa shape index (κ2) is 8.25. The molecule has 2 aromatic rings. The lowest BCUT2D eigenvalue weighted by molar-refractivity contribution is -0.119. The van der Waals surface area contributed by atoms with Gasteiger partial charge in [-0.3, -0.25) is 4.79 Å². The zero-order valence-corrected chi connectivity index (χ0v) is 15.6. The van der Waals surface area contributed by atoms with Gasteiger partial charge in [0.15, 0.2) is 5.96 Å². The summed E-state index contributed by atoms with van der Waals surface area (Å²) in [6, 6.07) is 8.06. The molecule has 3 rings (SSSR count). The van der Waals surface area contributed by atoms with E-state index in [2.05, 4.69) is 30.1 Å². The van der Waals surface area contributed by atoms with Crippen molar-refractivity contribution in [1.29, 1.82) is 0 Å². The zero-order chi connectivity index (χ0) is 18.5. The van der Waals surface area contributed by atoms with Crippen LogP contribution in [0.25, 0.3) is 11.0 Å². The number of likely N-dealkylation sites (tertiary alicyclic amines) is 1. The van der Waals surface area contributed by atoms with Gasteiger partial charge in [-0.25, -0.2) is 4.99 Å². The maximum absolute atomic E-state index is 11.2. The van der Waals surface area contributed by atoms with E-state index in [0.29, 0.717) is 18.9 Å². The van der Waals surface area contributed by atoms with Gasteiger partial charge in [-0.2, -0.15) is 0 Å². The molecular formula is C20H28N4O2. The van der Waals surface area contributed by atoms with Crippen LogP contribution in [0.1, 0.15) is 37.5 Å². The van der Waals surface area contributed by atoms with E-state index in [1.165, 1.54) is 0 Å². The fourth-order valence-electron chi connectivity index (χ4n) is 3.66. The number of furan rings is 1. The number of para-hydroxylation sites is 1. The standard InChI is InChI=1S/C20H28N4O2/c1-3-22-20(24-10-6-7-15(13-24)11-19(21)25)23-12-18-14(2)16-8-4-5-9-17(16)26-18/h4-5,8-9,15H,3,6-7,10-13H2,1-2H3,(H2,21,25)(H,22,23). The predicted molar refractivity (Wildman–Crippen MR) is 104 cm³/mol. The Hall–Kier alpha value is -2.50. The number of guanidine groups is 1. The van der Waals surface area contributed by atoms with Crippen LogP contribution in [0.2, 0.25) is 0 Å². The van der Waals surface area contributed by atoms with Crippen LogP contribution in [0.5, 0.6) is 0 Å². The van der Waals surface area contributed by atoms with Gasteiger partial charge >= 0.3 is 0 Å². The molecular weight excluding hydrogens is 328 g/mol. The summed E-state index contributed by atoms with van der Waals surface area (Å²) < 4.78 is 5.97. The van der Waals surface area contributed by atoms with Crippen LogP contribution in [0.15, 0.2) is 33.7 Å². The number of primary amides is 1. The molecule has 6 heteroatoms. The third-order valence-corrected chi connectivity index (χ3v) is 4.96. The first kappa shape index (κ1) is 18.3. The Morgan fingerprint density at radius 1 is 1.42 bits per heavy atom. The number of amides is 1. The highest BCUT2D eigenvalue weighted by Gasteiger charge is 2.23. The molecule has 1 amide bonds. The molecule has 140 valence electrons. The minimum atomic E-state index is -0.225. The number of aryl methyl sites for hydroxylation is 1. The van der Waals surface area contributed by atoms with Gasteiger partial charge in [-0.05, 0) is 38.7 Å². The number of benzene rings is 1. The van der Waals surface area contributed by atoms with Crippen LogP contribution in [0.4, 0.5) is 0 Å². The lowest BCUT2D eigenvalue weighted by Gasteiger charge is -2.34. The summed E-state index contributed by atoms with van der Waals surface area (Å²) in [5, 5.41) is 4.51. The van der Waals surface area contributed by atoms with Crippen molar-refractivity contribution in [2.75, 3.05) is 19.6 Å². The molecule has 0 spiro atoms. The number of hydrogen-bond donors (Lipinski definition) is 2. The van der Waals surface area contributed by atoms with E-state index in [4.69, 9.17) is 15.1 Å². The molecule has 1 aromatic carbocycles. The van der Waals surface area contributed by atoms with Gasteiger partial charge in [0.1, 0.15) is 17.9 Å². The van der Waals surface area contributed by atoms with Crippen LogP contribution in [0, 0.1) is 12.8 Å². The Balaban J connectivity index is 1.75. The molecule has 0 aliphatic carbocycles. The van der Waals surface area contributed by atoms with E-state index in [0.717, 1.165) is 60.7 Å². The summed E-state index contributed by atoms with van der Waals surface area (Å²) in [5.74, 6) is 1.85. The molecule has 1 aromatic heterocycles. The molecule has 3 N–H and O–H groups in total. The molecule has 1 fully saturated rings. The number of rotatable bonds is 5. The molecule has 0 saturated carbocycles. The largest absolute Gasteiger partial charge is 0.459 e. The Labute approximate surface area is 154 Å². The van der Waals surface area contributed by atoms with Crippen molar-refractivity contribution >= 4 is 22.8 Å². The summed E-state index contributed by atoms with van der Waals surface area (Å²) in [6.45, 7) is 7.20. The van der Waals surface area contributed by atoms with Crippen molar-refractivity contribution in [2.45, 2.75) is 39.7 Å². The molecule has 1 atom stereocenters. The summed E-state index contributed by atoms with van der Waals surface area (Å²) in [5.41, 5.74) is 7.42. The van der Waals surface area contributed by atoms with Crippen LogP contribution in [0.3, 0.4) is 0 Å². The maximum Gasteiger partial charge on any atom is 0.217 e. The SMILES string of the molecule is CCNC(=NCc1oc2ccccc2c1C)N1CCCC(CC(N)=O)C1. The van der Waals surface area contributed by atoms with E-state index in [-0.39, 0.29) is 5.91 Å². The fraction of sp³-hybridized carbons (Fsp3) is 0.500. The lowest BCUT2D eigenvalue weighted by Crippen LogP contribution is -2.47. The highest BCUT2D eigenvalue weighted by atomic mass is 16.3. The summed E-state index contributed by atoms with van der Waals surface area (Å²) in [7, 11) is 0. The van der Waals surface area contributed by atoms with Crippen molar-refractivity contribution in [2.24, 2.45) is 16.6 Å². The average molecular weight is 356 g/mol. The molecule has 26 heavy (non-hydrogen) atoms. The Morgan fingerprint density at radius 3 is 2.96 bits per heavy atom. The van der Waals surface area contributed by atoms with Gasteiger partial charge in [0.05, 0.1) is 0 Å². The number of carbonyl (C=O) groups is 1. The maximum atomic E-state index is 11.2. The number of piperidine rings is 1. The van der Waals surface area contributed by atoms with E-state index in [1.807, 2.05) is 18.2 Å². The van der Waals surface area contributed by atoms with Gasteiger partial charge in [0.25, 0.3) is 0 Å². The molecule has 6 nitrogen and oxygen atoms in total. The van der Waals surface area contributed by atoms with E-state index >= 15 is 0 Å². The minimum Gasteiger partial charge on any atom is -0.459 e. The molecule has 0 radical (unpaired) electrons. The normalized spacial score (nSPS) is 18.3. The fourth-order valence-corrected chi connectivity index (χ4v) is 3.66. The van der Waals surface area contributed by atoms with Crippen LogP contribution >= 0.6 is 0 Å². The van der Waals surface area contributed by atoms with Crippen molar-refractivity contribution < 1.29 is 9.21 Å². The van der Waals surface area contributed by atoms with Gasteiger partial charge in [0, 0.05) is 37.0 Å². The topological polar surface area (TPSA) is 83.9 Å².